The Hall–Kier alpha value is -0.640. The van der Waals surface area contributed by atoms with Gasteiger partial charge in [-0.3, -0.25) is 0 Å². The van der Waals surface area contributed by atoms with Crippen LogP contribution in [0.25, 0.3) is 0 Å². The first kappa shape index (κ1) is 11.8. The van der Waals surface area contributed by atoms with E-state index in [4.69, 9.17) is 16.3 Å². The van der Waals surface area contributed by atoms with Crippen LogP contribution in [0.2, 0.25) is 5.02 Å². The van der Waals surface area contributed by atoms with Crippen LogP contribution in [-0.2, 0) is 11.3 Å². The van der Waals surface area contributed by atoms with Crippen LogP contribution in [0.1, 0.15) is 18.4 Å². The van der Waals surface area contributed by atoms with Crippen molar-refractivity contribution in [2.24, 2.45) is 0 Å². The van der Waals surface area contributed by atoms with Gasteiger partial charge in [0.15, 0.2) is 0 Å². The van der Waals surface area contributed by atoms with E-state index >= 15 is 0 Å². The minimum Gasteiger partial charge on any atom is -0.372 e. The second-order valence-corrected chi connectivity index (χ2v) is 4.45. The standard InChI is InChI=1S/C12H15ClFNO/c13-10-3-4-12(14)9(6-10)8-16-11-2-1-5-15-7-11/h3-4,6,11,15H,1-2,5,7-8H2. The van der Waals surface area contributed by atoms with Gasteiger partial charge in [0, 0.05) is 17.1 Å². The molecular formula is C12H15ClFNO. The van der Waals surface area contributed by atoms with E-state index < -0.39 is 0 Å². The molecule has 1 N–H and O–H groups in total. The Morgan fingerprint density at radius 3 is 3.12 bits per heavy atom. The number of halogens is 2. The minimum atomic E-state index is -0.256. The van der Waals surface area contributed by atoms with Gasteiger partial charge in [-0.1, -0.05) is 11.6 Å². The summed E-state index contributed by atoms with van der Waals surface area (Å²) < 4.78 is 19.0. The first-order valence-corrected chi connectivity index (χ1v) is 5.90. The van der Waals surface area contributed by atoms with Crippen molar-refractivity contribution in [3.05, 3.63) is 34.6 Å². The molecule has 0 aromatic heterocycles. The van der Waals surface area contributed by atoms with E-state index in [0.29, 0.717) is 17.2 Å². The summed E-state index contributed by atoms with van der Waals surface area (Å²) in [6.45, 7) is 2.19. The fraction of sp³-hybridized carbons (Fsp3) is 0.500. The Labute approximate surface area is 99.7 Å². The lowest BCUT2D eigenvalue weighted by Crippen LogP contribution is -2.35. The van der Waals surface area contributed by atoms with E-state index in [1.165, 1.54) is 6.07 Å². The summed E-state index contributed by atoms with van der Waals surface area (Å²) >= 11 is 5.80. The van der Waals surface area contributed by atoms with E-state index in [2.05, 4.69) is 5.32 Å². The van der Waals surface area contributed by atoms with E-state index in [1.807, 2.05) is 0 Å². The van der Waals surface area contributed by atoms with Crippen molar-refractivity contribution < 1.29 is 9.13 Å². The zero-order chi connectivity index (χ0) is 11.4. The number of rotatable bonds is 3. The SMILES string of the molecule is Fc1ccc(Cl)cc1COC1CCCNC1. The molecule has 0 bridgehead atoms. The average molecular weight is 244 g/mol. The molecule has 1 aliphatic heterocycles. The van der Waals surface area contributed by atoms with Gasteiger partial charge in [-0.2, -0.15) is 0 Å². The molecule has 0 radical (unpaired) electrons. The van der Waals surface area contributed by atoms with Crippen molar-refractivity contribution in [2.45, 2.75) is 25.6 Å². The van der Waals surface area contributed by atoms with Crippen molar-refractivity contribution in [1.29, 1.82) is 0 Å². The molecule has 0 aliphatic carbocycles. The molecule has 1 heterocycles. The molecule has 1 aromatic rings. The third-order valence-electron chi connectivity index (χ3n) is 2.73. The first-order chi connectivity index (χ1) is 7.75. The highest BCUT2D eigenvalue weighted by Gasteiger charge is 2.14. The summed E-state index contributed by atoms with van der Waals surface area (Å²) in [6, 6.07) is 4.54. The van der Waals surface area contributed by atoms with Gasteiger partial charge in [-0.15, -0.1) is 0 Å². The van der Waals surface area contributed by atoms with Crippen molar-refractivity contribution in [3.8, 4) is 0 Å². The Balaban J connectivity index is 1.90. The summed E-state index contributed by atoms with van der Waals surface area (Å²) in [5.41, 5.74) is 0.526. The zero-order valence-electron chi connectivity index (χ0n) is 9.01. The summed E-state index contributed by atoms with van der Waals surface area (Å²) in [5.74, 6) is -0.256. The van der Waals surface area contributed by atoms with Gasteiger partial charge in [-0.05, 0) is 37.6 Å². The van der Waals surface area contributed by atoms with Gasteiger partial charge >= 0.3 is 0 Å². The maximum absolute atomic E-state index is 13.4. The van der Waals surface area contributed by atoms with Crippen LogP contribution in [0.15, 0.2) is 18.2 Å². The number of nitrogens with one attached hydrogen (secondary N) is 1. The Kier molecular flexibility index (Phi) is 4.16. The van der Waals surface area contributed by atoms with Crippen LogP contribution in [-0.4, -0.2) is 19.2 Å². The monoisotopic (exact) mass is 243 g/mol. The third-order valence-corrected chi connectivity index (χ3v) is 2.97. The highest BCUT2D eigenvalue weighted by Crippen LogP contribution is 2.17. The number of ether oxygens (including phenoxy) is 1. The van der Waals surface area contributed by atoms with Crippen LogP contribution in [0.5, 0.6) is 0 Å². The molecule has 0 amide bonds. The van der Waals surface area contributed by atoms with Gasteiger partial charge in [-0.25, -0.2) is 4.39 Å². The molecule has 1 aromatic carbocycles. The van der Waals surface area contributed by atoms with Gasteiger partial charge in [0.1, 0.15) is 5.82 Å². The predicted octanol–water partition coefficient (Wildman–Crippen LogP) is 2.75. The Morgan fingerprint density at radius 1 is 1.50 bits per heavy atom. The lowest BCUT2D eigenvalue weighted by Gasteiger charge is -2.23. The van der Waals surface area contributed by atoms with Crippen molar-refractivity contribution >= 4 is 11.6 Å². The summed E-state index contributed by atoms with van der Waals surface area (Å²) in [5, 5.41) is 3.80. The molecule has 1 fully saturated rings. The minimum absolute atomic E-state index is 0.187. The molecule has 0 spiro atoms. The molecule has 2 rings (SSSR count). The quantitative estimate of drug-likeness (QED) is 0.882. The summed E-state index contributed by atoms with van der Waals surface area (Å²) in [6.07, 6.45) is 2.34. The molecule has 88 valence electrons. The molecule has 16 heavy (non-hydrogen) atoms. The highest BCUT2D eigenvalue weighted by atomic mass is 35.5. The van der Waals surface area contributed by atoms with Crippen LogP contribution < -0.4 is 5.32 Å². The zero-order valence-corrected chi connectivity index (χ0v) is 9.77. The number of benzene rings is 1. The predicted molar refractivity (Wildman–Crippen MR) is 62.1 cm³/mol. The van der Waals surface area contributed by atoms with Crippen LogP contribution in [0, 0.1) is 5.82 Å². The molecule has 0 saturated carbocycles. The Morgan fingerprint density at radius 2 is 2.38 bits per heavy atom. The second kappa shape index (κ2) is 5.62. The summed E-state index contributed by atoms with van der Waals surface area (Å²) in [7, 11) is 0. The fourth-order valence-electron chi connectivity index (χ4n) is 1.82. The maximum Gasteiger partial charge on any atom is 0.128 e. The van der Waals surface area contributed by atoms with E-state index in [-0.39, 0.29) is 11.9 Å². The lowest BCUT2D eigenvalue weighted by atomic mass is 10.1. The highest BCUT2D eigenvalue weighted by molar-refractivity contribution is 6.30. The molecular weight excluding hydrogens is 229 g/mol. The van der Waals surface area contributed by atoms with Crippen molar-refractivity contribution in [3.63, 3.8) is 0 Å². The molecule has 2 nitrogen and oxygen atoms in total. The molecule has 1 saturated heterocycles. The van der Waals surface area contributed by atoms with Crippen LogP contribution >= 0.6 is 11.6 Å². The molecule has 1 unspecified atom stereocenters. The number of hydrogen-bond acceptors (Lipinski definition) is 2. The van der Waals surface area contributed by atoms with Crippen LogP contribution in [0.3, 0.4) is 0 Å². The molecule has 4 heteroatoms. The van der Waals surface area contributed by atoms with Gasteiger partial charge in [0.25, 0.3) is 0 Å². The molecule has 1 atom stereocenters. The maximum atomic E-state index is 13.4. The number of piperidine rings is 1. The fourth-order valence-corrected chi connectivity index (χ4v) is 2.02. The second-order valence-electron chi connectivity index (χ2n) is 4.02. The van der Waals surface area contributed by atoms with E-state index in [0.717, 1.165) is 25.9 Å². The molecule has 1 aliphatic rings. The van der Waals surface area contributed by atoms with Gasteiger partial charge < -0.3 is 10.1 Å². The smallest absolute Gasteiger partial charge is 0.128 e. The van der Waals surface area contributed by atoms with Crippen LogP contribution in [0.4, 0.5) is 4.39 Å². The van der Waals surface area contributed by atoms with Crippen molar-refractivity contribution in [2.75, 3.05) is 13.1 Å². The lowest BCUT2D eigenvalue weighted by molar-refractivity contribution is 0.0239. The normalized spacial score (nSPS) is 21.0. The first-order valence-electron chi connectivity index (χ1n) is 5.52. The Bertz CT molecular complexity index is 353. The van der Waals surface area contributed by atoms with Gasteiger partial charge in [0.05, 0.1) is 12.7 Å². The summed E-state index contributed by atoms with van der Waals surface area (Å²) in [4.78, 5) is 0. The average Bonchev–Trinajstić information content (AvgIpc) is 2.32. The number of hydrogen-bond donors (Lipinski definition) is 1. The third kappa shape index (κ3) is 3.17. The topological polar surface area (TPSA) is 21.3 Å². The van der Waals surface area contributed by atoms with E-state index in [9.17, 15) is 4.39 Å². The largest absolute Gasteiger partial charge is 0.372 e. The van der Waals surface area contributed by atoms with Gasteiger partial charge in [0.2, 0.25) is 0 Å². The van der Waals surface area contributed by atoms with E-state index in [1.54, 1.807) is 12.1 Å². The van der Waals surface area contributed by atoms with Crippen molar-refractivity contribution in [1.82, 2.24) is 5.32 Å².